The van der Waals surface area contributed by atoms with Gasteiger partial charge in [-0.05, 0) is 0 Å². The summed E-state index contributed by atoms with van der Waals surface area (Å²) in [4.78, 5) is 0. The van der Waals surface area contributed by atoms with Crippen LogP contribution in [-0.4, -0.2) is 32.4 Å². The molecule has 6 heteroatoms. The number of rotatable bonds is 1. The van der Waals surface area contributed by atoms with Crippen molar-refractivity contribution in [2.45, 2.75) is 5.92 Å². The predicted molar refractivity (Wildman–Crippen MR) is 36.1 cm³/mol. The number of hydrogen-bond donors (Lipinski definition) is 1. The maximum Gasteiger partial charge on any atom is 0.266 e. The van der Waals surface area contributed by atoms with Crippen molar-refractivity contribution >= 4 is 9.84 Å². The molecule has 0 bridgehead atoms. The van der Waals surface area contributed by atoms with E-state index in [4.69, 9.17) is 5.73 Å². The Balaban J connectivity index is 2.88. The molecule has 0 aromatic heterocycles. The molecule has 0 aromatic rings. The molecule has 0 radical (unpaired) electrons. The minimum absolute atomic E-state index is 0.272. The summed E-state index contributed by atoms with van der Waals surface area (Å²) >= 11 is 0. The molecule has 1 fully saturated rings. The van der Waals surface area contributed by atoms with Gasteiger partial charge in [0.05, 0.1) is 5.75 Å². The van der Waals surface area contributed by atoms with Crippen LogP contribution in [0.15, 0.2) is 0 Å². The molecule has 0 spiro atoms. The lowest BCUT2D eigenvalue weighted by molar-refractivity contribution is -0.0145. The summed E-state index contributed by atoms with van der Waals surface area (Å²) < 4.78 is 46.7. The third-order valence-electron chi connectivity index (χ3n) is 1.75. The van der Waals surface area contributed by atoms with Crippen LogP contribution >= 0.6 is 0 Å². The average Bonchev–Trinajstić information content (AvgIpc) is 1.99. The van der Waals surface area contributed by atoms with Gasteiger partial charge >= 0.3 is 0 Å². The first kappa shape index (κ1) is 8.86. The standard InChI is InChI=1S/C5H9F2NO2S/c6-5(7)3-11(9,10)2-4(5)1-8/h4H,1-3,8H2. The van der Waals surface area contributed by atoms with Crippen LogP contribution < -0.4 is 5.73 Å². The zero-order valence-electron chi connectivity index (χ0n) is 5.76. The molecule has 1 heterocycles. The van der Waals surface area contributed by atoms with Crippen molar-refractivity contribution in [2.24, 2.45) is 11.7 Å². The van der Waals surface area contributed by atoms with Crippen LogP contribution in [0.2, 0.25) is 0 Å². The van der Waals surface area contributed by atoms with Crippen molar-refractivity contribution in [3.63, 3.8) is 0 Å². The molecule has 0 amide bonds. The lowest BCUT2D eigenvalue weighted by Crippen LogP contribution is -2.32. The number of alkyl halides is 2. The van der Waals surface area contributed by atoms with Crippen LogP contribution in [-0.2, 0) is 9.84 Å². The SMILES string of the molecule is NCC1CS(=O)(=O)CC1(F)F. The molecule has 0 saturated carbocycles. The molecule has 1 aliphatic heterocycles. The summed E-state index contributed by atoms with van der Waals surface area (Å²) in [6.07, 6.45) is 0. The van der Waals surface area contributed by atoms with Crippen LogP contribution in [0, 0.1) is 5.92 Å². The van der Waals surface area contributed by atoms with E-state index in [1.807, 2.05) is 0 Å². The maximum atomic E-state index is 12.6. The smallest absolute Gasteiger partial charge is 0.266 e. The monoisotopic (exact) mass is 185 g/mol. The second-order valence-electron chi connectivity index (χ2n) is 2.75. The number of sulfone groups is 1. The summed E-state index contributed by atoms with van der Waals surface area (Å²) in [6, 6.07) is 0. The largest absolute Gasteiger partial charge is 0.330 e. The Morgan fingerprint density at radius 2 is 2.09 bits per heavy atom. The summed E-state index contributed by atoms with van der Waals surface area (Å²) in [5.41, 5.74) is 4.99. The van der Waals surface area contributed by atoms with Crippen LogP contribution in [0.5, 0.6) is 0 Å². The molecule has 2 N–H and O–H groups in total. The third kappa shape index (κ3) is 1.67. The summed E-state index contributed by atoms with van der Waals surface area (Å²) in [6.45, 7) is -0.272. The average molecular weight is 185 g/mol. The fraction of sp³-hybridized carbons (Fsp3) is 1.00. The first-order valence-corrected chi connectivity index (χ1v) is 4.98. The molecule has 66 valence electrons. The van der Waals surface area contributed by atoms with Gasteiger partial charge in [0.15, 0.2) is 9.84 Å². The molecule has 0 aromatic carbocycles. The molecule has 1 rings (SSSR count). The normalized spacial score (nSPS) is 33.9. The number of hydrogen-bond acceptors (Lipinski definition) is 3. The van der Waals surface area contributed by atoms with Gasteiger partial charge in [-0.15, -0.1) is 0 Å². The Morgan fingerprint density at radius 1 is 1.55 bits per heavy atom. The van der Waals surface area contributed by atoms with E-state index >= 15 is 0 Å². The van der Waals surface area contributed by atoms with Gasteiger partial charge in [-0.1, -0.05) is 0 Å². The van der Waals surface area contributed by atoms with Gasteiger partial charge in [0, 0.05) is 12.5 Å². The molecule has 1 unspecified atom stereocenters. The summed E-state index contributed by atoms with van der Waals surface area (Å²) in [7, 11) is -3.55. The topological polar surface area (TPSA) is 60.2 Å². The Morgan fingerprint density at radius 3 is 2.27 bits per heavy atom. The molecule has 1 atom stereocenters. The fourth-order valence-electron chi connectivity index (χ4n) is 1.14. The van der Waals surface area contributed by atoms with Gasteiger partial charge in [-0.25, -0.2) is 17.2 Å². The van der Waals surface area contributed by atoms with Crippen molar-refractivity contribution in [3.05, 3.63) is 0 Å². The number of halogens is 2. The highest BCUT2D eigenvalue weighted by atomic mass is 32.2. The number of nitrogens with two attached hydrogens (primary N) is 1. The maximum absolute atomic E-state index is 12.6. The second-order valence-corrected chi connectivity index (χ2v) is 4.86. The van der Waals surface area contributed by atoms with Crippen molar-refractivity contribution in [2.75, 3.05) is 18.1 Å². The Labute approximate surface area is 63.5 Å². The molecule has 1 aliphatic rings. The van der Waals surface area contributed by atoms with Gasteiger partial charge in [0.1, 0.15) is 5.75 Å². The van der Waals surface area contributed by atoms with E-state index in [1.165, 1.54) is 0 Å². The van der Waals surface area contributed by atoms with E-state index < -0.39 is 33.2 Å². The summed E-state index contributed by atoms with van der Waals surface area (Å²) in [5, 5.41) is 0. The van der Waals surface area contributed by atoms with Gasteiger partial charge in [0.25, 0.3) is 5.92 Å². The Bertz CT molecular complexity index is 249. The van der Waals surface area contributed by atoms with E-state index in [0.29, 0.717) is 0 Å². The van der Waals surface area contributed by atoms with Crippen molar-refractivity contribution in [3.8, 4) is 0 Å². The lowest BCUT2D eigenvalue weighted by Gasteiger charge is -2.13. The van der Waals surface area contributed by atoms with E-state index in [0.717, 1.165) is 0 Å². The highest BCUT2D eigenvalue weighted by Crippen LogP contribution is 2.33. The molecular formula is C5H9F2NO2S. The first-order valence-electron chi connectivity index (χ1n) is 3.16. The van der Waals surface area contributed by atoms with E-state index in [9.17, 15) is 17.2 Å². The first-order chi connectivity index (χ1) is 4.87. The van der Waals surface area contributed by atoms with Crippen LogP contribution in [0.3, 0.4) is 0 Å². The van der Waals surface area contributed by atoms with Crippen LogP contribution in [0.4, 0.5) is 8.78 Å². The van der Waals surface area contributed by atoms with Crippen molar-refractivity contribution < 1.29 is 17.2 Å². The second kappa shape index (κ2) is 2.38. The van der Waals surface area contributed by atoms with Crippen LogP contribution in [0.1, 0.15) is 0 Å². The molecule has 1 saturated heterocycles. The Hall–Kier alpha value is -0.230. The van der Waals surface area contributed by atoms with E-state index in [1.54, 1.807) is 0 Å². The van der Waals surface area contributed by atoms with Gasteiger partial charge in [0.2, 0.25) is 0 Å². The molecule has 0 aliphatic carbocycles. The minimum Gasteiger partial charge on any atom is -0.330 e. The van der Waals surface area contributed by atoms with Crippen LogP contribution in [0.25, 0.3) is 0 Å². The zero-order valence-corrected chi connectivity index (χ0v) is 6.57. The van der Waals surface area contributed by atoms with Gasteiger partial charge < -0.3 is 5.73 Å². The van der Waals surface area contributed by atoms with E-state index in [-0.39, 0.29) is 6.54 Å². The minimum atomic E-state index is -3.55. The molecule has 11 heavy (non-hydrogen) atoms. The van der Waals surface area contributed by atoms with Gasteiger partial charge in [-0.2, -0.15) is 0 Å². The predicted octanol–water partition coefficient (Wildman–Crippen LogP) is -0.375. The van der Waals surface area contributed by atoms with E-state index in [2.05, 4.69) is 0 Å². The van der Waals surface area contributed by atoms with Crippen molar-refractivity contribution in [1.29, 1.82) is 0 Å². The molecule has 3 nitrogen and oxygen atoms in total. The highest BCUT2D eigenvalue weighted by Gasteiger charge is 2.51. The Kier molecular flexibility index (Phi) is 1.92. The highest BCUT2D eigenvalue weighted by molar-refractivity contribution is 7.91. The quantitative estimate of drug-likeness (QED) is 0.606. The van der Waals surface area contributed by atoms with Crippen molar-refractivity contribution in [1.82, 2.24) is 0 Å². The van der Waals surface area contributed by atoms with Gasteiger partial charge in [-0.3, -0.25) is 0 Å². The zero-order chi connectivity index (χ0) is 8.70. The fourth-order valence-corrected chi connectivity index (χ4v) is 3.07. The third-order valence-corrected chi connectivity index (χ3v) is 3.48. The summed E-state index contributed by atoms with van der Waals surface area (Å²) in [5.74, 6) is -5.82. The lowest BCUT2D eigenvalue weighted by atomic mass is 10.1. The molecular weight excluding hydrogens is 176 g/mol.